The van der Waals surface area contributed by atoms with Crippen molar-refractivity contribution in [3.63, 3.8) is 0 Å². The number of alkyl halides is 5. The zero-order chi connectivity index (χ0) is 16.4. The second-order valence-corrected chi connectivity index (χ2v) is 5.93. The zero-order valence-electron chi connectivity index (χ0n) is 12.5. The van der Waals surface area contributed by atoms with E-state index in [4.69, 9.17) is 0 Å². The van der Waals surface area contributed by atoms with Gasteiger partial charge in [-0.15, -0.1) is 5.53 Å². The molecule has 2 fully saturated rings. The predicted octanol–water partition coefficient (Wildman–Crippen LogP) is 2.06. The number of hydrazine groups is 3. The summed E-state index contributed by atoms with van der Waals surface area (Å²) in [7, 11) is 0. The molecule has 5 nitrogen and oxygen atoms in total. The maximum atomic E-state index is 13.8. The van der Waals surface area contributed by atoms with Gasteiger partial charge in [-0.2, -0.15) is 27.5 Å². The van der Waals surface area contributed by atoms with Crippen molar-refractivity contribution >= 4 is 0 Å². The van der Waals surface area contributed by atoms with Gasteiger partial charge in [0.1, 0.15) is 0 Å². The fourth-order valence-corrected chi connectivity index (χ4v) is 3.16. The minimum atomic E-state index is -5.61. The topological polar surface area (TPSA) is 39.3 Å². The number of nitrogens with one attached hydrogen (secondary N) is 3. The van der Waals surface area contributed by atoms with Gasteiger partial charge in [-0.1, -0.05) is 13.3 Å². The number of unbranched alkanes of at least 4 members (excludes halogenated alkanes) is 2. The molecule has 22 heavy (non-hydrogen) atoms. The molecule has 2 aliphatic rings. The van der Waals surface area contributed by atoms with E-state index in [1.165, 1.54) is 0 Å². The number of hydrogen-bond acceptors (Lipinski definition) is 4. The lowest BCUT2D eigenvalue weighted by Crippen LogP contribution is -2.70. The predicted molar refractivity (Wildman–Crippen MR) is 69.7 cm³/mol. The van der Waals surface area contributed by atoms with Crippen molar-refractivity contribution < 1.29 is 26.5 Å². The summed E-state index contributed by atoms with van der Waals surface area (Å²) >= 11 is 0. The van der Waals surface area contributed by atoms with Crippen LogP contribution in [0.4, 0.5) is 22.0 Å². The van der Waals surface area contributed by atoms with Crippen LogP contribution < -0.4 is 16.5 Å². The molecule has 2 aliphatic heterocycles. The van der Waals surface area contributed by atoms with Gasteiger partial charge in [-0.3, -0.25) is 0 Å². The second kappa shape index (κ2) is 6.52. The Kier molecular flexibility index (Phi) is 5.27. The summed E-state index contributed by atoms with van der Waals surface area (Å²) in [6.07, 6.45) is -3.47. The van der Waals surface area contributed by atoms with Crippen LogP contribution in [0.2, 0.25) is 0 Å². The molecular weight excluding hydrogens is 309 g/mol. The van der Waals surface area contributed by atoms with Crippen molar-refractivity contribution in [1.29, 1.82) is 0 Å². The minimum absolute atomic E-state index is 0.107. The first kappa shape index (κ1) is 17.8. The molecule has 2 rings (SSSR count). The van der Waals surface area contributed by atoms with Gasteiger partial charge in [0, 0.05) is 12.8 Å². The Bertz CT molecular complexity index is 369. The molecule has 0 aromatic rings. The van der Waals surface area contributed by atoms with E-state index < -0.39 is 18.3 Å². The van der Waals surface area contributed by atoms with Gasteiger partial charge < -0.3 is 0 Å². The summed E-state index contributed by atoms with van der Waals surface area (Å²) < 4.78 is 65.8. The molecule has 130 valence electrons. The molecule has 0 amide bonds. The molecule has 0 aliphatic carbocycles. The van der Waals surface area contributed by atoms with Gasteiger partial charge in [0.15, 0.2) is 0 Å². The third-order valence-corrected chi connectivity index (χ3v) is 4.38. The molecule has 0 aromatic heterocycles. The van der Waals surface area contributed by atoms with Crippen molar-refractivity contribution in [2.75, 3.05) is 19.6 Å². The molecular formula is C12H23F5N5+. The Labute approximate surface area is 126 Å². The molecule has 0 radical (unpaired) electrons. The fourth-order valence-electron chi connectivity index (χ4n) is 3.16. The number of hydrogen-bond donors (Lipinski definition) is 3. The molecule has 0 bridgehead atoms. The Hall–Kier alpha value is -0.550. The SMILES string of the molecule is CCCCC[N+]1(N2NNNC2C(F)(F)C(F)(F)F)CCCC1. The third-order valence-electron chi connectivity index (χ3n) is 4.38. The maximum Gasteiger partial charge on any atom is 0.456 e. The van der Waals surface area contributed by atoms with Crippen LogP contribution in [-0.4, -0.2) is 47.6 Å². The highest BCUT2D eigenvalue weighted by molar-refractivity contribution is 4.87. The summed E-state index contributed by atoms with van der Waals surface area (Å²) in [6, 6.07) is 0. The highest BCUT2D eigenvalue weighted by atomic mass is 19.4. The molecule has 10 heteroatoms. The summed E-state index contributed by atoms with van der Waals surface area (Å²) in [5, 5.41) is 1.01. The quantitative estimate of drug-likeness (QED) is 0.396. The summed E-state index contributed by atoms with van der Waals surface area (Å²) in [5.41, 5.74) is 6.71. The largest absolute Gasteiger partial charge is 0.456 e. The Morgan fingerprint density at radius 3 is 2.27 bits per heavy atom. The van der Waals surface area contributed by atoms with Crippen LogP contribution in [0.1, 0.15) is 39.0 Å². The summed E-state index contributed by atoms with van der Waals surface area (Å²) in [4.78, 5) is 0. The number of quaternary nitrogens is 1. The van der Waals surface area contributed by atoms with Crippen molar-refractivity contribution in [2.24, 2.45) is 0 Å². The highest BCUT2D eigenvalue weighted by Gasteiger charge is 2.68. The molecule has 3 N–H and O–H groups in total. The summed E-state index contributed by atoms with van der Waals surface area (Å²) in [6.45, 7) is 3.69. The molecule has 0 aromatic carbocycles. The smallest absolute Gasteiger partial charge is 0.226 e. The second-order valence-electron chi connectivity index (χ2n) is 5.93. The Morgan fingerprint density at radius 1 is 1.09 bits per heavy atom. The molecule has 0 spiro atoms. The fraction of sp³-hybridized carbons (Fsp3) is 1.00. The van der Waals surface area contributed by atoms with E-state index in [-0.39, 0.29) is 4.59 Å². The normalized spacial score (nSPS) is 26.7. The van der Waals surface area contributed by atoms with Crippen molar-refractivity contribution in [1.82, 2.24) is 21.6 Å². The number of likely N-dealkylation sites (tertiary alicyclic amines) is 1. The summed E-state index contributed by atoms with van der Waals surface area (Å²) in [5.74, 6) is -4.86. The van der Waals surface area contributed by atoms with Crippen molar-refractivity contribution in [3.05, 3.63) is 0 Å². The van der Waals surface area contributed by atoms with Gasteiger partial charge in [0.2, 0.25) is 6.17 Å². The highest BCUT2D eigenvalue weighted by Crippen LogP contribution is 2.41. The molecule has 2 heterocycles. The van der Waals surface area contributed by atoms with E-state index in [0.29, 0.717) is 19.6 Å². The molecule has 1 atom stereocenters. The van der Waals surface area contributed by atoms with Gasteiger partial charge in [0.25, 0.3) is 0 Å². The van der Waals surface area contributed by atoms with Crippen LogP contribution in [0, 0.1) is 0 Å². The lowest BCUT2D eigenvalue weighted by atomic mass is 10.2. The lowest BCUT2D eigenvalue weighted by molar-refractivity contribution is -1.04. The van der Waals surface area contributed by atoms with Gasteiger partial charge in [-0.05, 0) is 18.0 Å². The van der Waals surface area contributed by atoms with Gasteiger partial charge >= 0.3 is 12.1 Å². The molecule has 1 unspecified atom stereocenters. The van der Waals surface area contributed by atoms with Crippen LogP contribution in [0.15, 0.2) is 0 Å². The Morgan fingerprint density at radius 2 is 1.73 bits per heavy atom. The first-order valence-electron chi connectivity index (χ1n) is 7.61. The molecule has 0 saturated carbocycles. The lowest BCUT2D eigenvalue weighted by Gasteiger charge is -2.43. The number of rotatable bonds is 6. The average Bonchev–Trinajstić information content (AvgIpc) is 3.07. The van der Waals surface area contributed by atoms with Crippen LogP contribution in [0.5, 0.6) is 0 Å². The van der Waals surface area contributed by atoms with Crippen LogP contribution in [0.3, 0.4) is 0 Å². The van der Waals surface area contributed by atoms with E-state index in [1.807, 2.05) is 12.3 Å². The van der Waals surface area contributed by atoms with E-state index in [9.17, 15) is 22.0 Å². The first-order valence-corrected chi connectivity index (χ1v) is 7.61. The maximum absolute atomic E-state index is 13.8. The van der Waals surface area contributed by atoms with E-state index in [2.05, 4.69) is 11.1 Å². The minimum Gasteiger partial charge on any atom is -0.226 e. The van der Waals surface area contributed by atoms with Crippen LogP contribution >= 0.6 is 0 Å². The van der Waals surface area contributed by atoms with Crippen molar-refractivity contribution in [3.8, 4) is 0 Å². The first-order chi connectivity index (χ1) is 10.2. The average molecular weight is 332 g/mol. The van der Waals surface area contributed by atoms with E-state index in [1.54, 1.807) is 0 Å². The number of halogens is 5. The number of nitrogens with zero attached hydrogens (tertiary/aromatic N) is 2. The standard InChI is InChI=1S/C12H23F5N5/c1-2-3-4-7-22(8-5-6-9-22)21-10(18-19-20-21)11(13,14)12(15,16)17/h10,18-20H,2-9H2,1H3/q+1. The van der Waals surface area contributed by atoms with E-state index in [0.717, 1.165) is 37.2 Å². The zero-order valence-corrected chi connectivity index (χ0v) is 12.5. The van der Waals surface area contributed by atoms with E-state index >= 15 is 0 Å². The van der Waals surface area contributed by atoms with Crippen LogP contribution in [-0.2, 0) is 0 Å². The Balaban J connectivity index is 2.19. The van der Waals surface area contributed by atoms with Gasteiger partial charge in [0.05, 0.1) is 19.6 Å². The molecule has 2 saturated heterocycles. The van der Waals surface area contributed by atoms with Gasteiger partial charge in [-0.25, -0.2) is 10.0 Å². The third kappa shape index (κ3) is 3.21. The monoisotopic (exact) mass is 332 g/mol. The van der Waals surface area contributed by atoms with Crippen LogP contribution in [0.25, 0.3) is 0 Å². The van der Waals surface area contributed by atoms with Crippen molar-refractivity contribution in [2.45, 2.75) is 57.3 Å².